The zero-order valence-corrected chi connectivity index (χ0v) is 26.3. The molecule has 11 heteroatoms. The largest absolute Gasteiger partial charge is 0.443 e. The fourth-order valence-corrected chi connectivity index (χ4v) is 5.68. The number of rotatable bonds is 4. The maximum atomic E-state index is 14.0. The molecule has 1 atom stereocenters. The number of hydrogen-bond donors (Lipinski definition) is 0. The van der Waals surface area contributed by atoms with Crippen LogP contribution in [0.25, 0.3) is 22.1 Å². The molecule has 222 valence electrons. The first-order valence-electron chi connectivity index (χ1n) is 14.0. The number of carbonyl (C=O) groups excluding carboxylic acids is 2. The van der Waals surface area contributed by atoms with Gasteiger partial charge < -0.3 is 9.47 Å². The fraction of sp³-hybridized carbons (Fsp3) is 0.452. The standard InChI is InChI=1S/C31H38N6O4S/c1-18(2)22-17-32-37-25(22)33-26(42-9)34-27(37)35(28(38)40-30(3,4)5)19-14-15-24-21(16-19)20-12-10-11-13-23(20)36(24)29(39)41-31(6,7)8/h10-13,17,19H,1,14-16H2,2-9H3/t19-/m1/s1. The second-order valence-electron chi connectivity index (χ2n) is 12.6. The quantitative estimate of drug-likeness (QED) is 0.236. The molecule has 3 aromatic heterocycles. The first-order valence-corrected chi connectivity index (χ1v) is 15.2. The van der Waals surface area contributed by atoms with Gasteiger partial charge in [-0.25, -0.2) is 24.0 Å². The van der Waals surface area contributed by atoms with Crippen LogP contribution in [-0.4, -0.2) is 59.8 Å². The van der Waals surface area contributed by atoms with Crippen LogP contribution in [0.2, 0.25) is 0 Å². The number of carbonyl (C=O) groups is 2. The van der Waals surface area contributed by atoms with Gasteiger partial charge in [0, 0.05) is 22.7 Å². The monoisotopic (exact) mass is 590 g/mol. The van der Waals surface area contributed by atoms with Gasteiger partial charge in [0.2, 0.25) is 5.95 Å². The van der Waals surface area contributed by atoms with Crippen LogP contribution in [0, 0.1) is 0 Å². The first kappa shape index (κ1) is 29.6. The number of hydrogen-bond acceptors (Lipinski definition) is 8. The summed E-state index contributed by atoms with van der Waals surface area (Å²) in [6.07, 6.45) is 4.26. The van der Waals surface area contributed by atoms with Crippen LogP contribution in [-0.2, 0) is 22.3 Å². The molecule has 0 radical (unpaired) electrons. The lowest BCUT2D eigenvalue weighted by molar-refractivity contribution is 0.0527. The van der Waals surface area contributed by atoms with Crippen molar-refractivity contribution in [3.8, 4) is 0 Å². The molecule has 1 amide bonds. The Kier molecular flexibility index (Phi) is 7.59. The van der Waals surface area contributed by atoms with Crippen molar-refractivity contribution in [3.63, 3.8) is 0 Å². The van der Waals surface area contributed by atoms with Gasteiger partial charge in [-0.3, -0.25) is 0 Å². The van der Waals surface area contributed by atoms with E-state index in [4.69, 9.17) is 14.5 Å². The molecule has 0 saturated heterocycles. The lowest BCUT2D eigenvalue weighted by Gasteiger charge is -2.35. The van der Waals surface area contributed by atoms with E-state index in [0.717, 1.165) is 33.3 Å². The molecule has 5 rings (SSSR count). The van der Waals surface area contributed by atoms with E-state index in [1.54, 1.807) is 20.2 Å². The number of ether oxygens (including phenoxy) is 2. The van der Waals surface area contributed by atoms with E-state index in [9.17, 15) is 9.59 Å². The highest BCUT2D eigenvalue weighted by atomic mass is 32.2. The molecule has 1 aromatic carbocycles. The van der Waals surface area contributed by atoms with E-state index in [1.165, 1.54) is 11.8 Å². The third-order valence-corrected chi connectivity index (χ3v) is 7.51. The molecule has 0 fully saturated rings. The van der Waals surface area contributed by atoms with Gasteiger partial charge in [0.05, 0.1) is 11.7 Å². The van der Waals surface area contributed by atoms with E-state index < -0.39 is 23.4 Å². The molecular weight excluding hydrogens is 552 g/mol. The molecule has 1 aliphatic carbocycles. The lowest BCUT2D eigenvalue weighted by atomic mass is 9.90. The zero-order chi connectivity index (χ0) is 30.6. The summed E-state index contributed by atoms with van der Waals surface area (Å²) in [5.41, 5.74) is 3.47. The molecule has 3 heterocycles. The van der Waals surface area contributed by atoms with Gasteiger partial charge in [-0.05, 0) is 91.2 Å². The number of aromatic nitrogens is 5. The Morgan fingerprint density at radius 1 is 1.07 bits per heavy atom. The molecule has 0 spiro atoms. The van der Waals surface area contributed by atoms with Gasteiger partial charge in [0.25, 0.3) is 0 Å². The first-order chi connectivity index (χ1) is 19.7. The van der Waals surface area contributed by atoms with Crippen molar-refractivity contribution in [1.29, 1.82) is 0 Å². The summed E-state index contributed by atoms with van der Waals surface area (Å²) in [6.45, 7) is 17.1. The fourth-order valence-electron chi connectivity index (χ4n) is 5.33. The molecule has 0 unspecified atom stereocenters. The minimum absolute atomic E-state index is 0.324. The minimum atomic E-state index is -0.733. The molecule has 0 saturated carbocycles. The van der Waals surface area contributed by atoms with Crippen molar-refractivity contribution in [3.05, 3.63) is 53.9 Å². The van der Waals surface area contributed by atoms with Gasteiger partial charge in [0.15, 0.2) is 10.8 Å². The molecule has 10 nitrogen and oxygen atoms in total. The predicted octanol–water partition coefficient (Wildman–Crippen LogP) is 6.92. The van der Waals surface area contributed by atoms with Crippen molar-refractivity contribution < 1.29 is 19.1 Å². The number of amides is 1. The van der Waals surface area contributed by atoms with Gasteiger partial charge in [-0.1, -0.05) is 36.5 Å². The minimum Gasteiger partial charge on any atom is -0.443 e. The average Bonchev–Trinajstić information content (AvgIpc) is 3.46. The predicted molar refractivity (Wildman–Crippen MR) is 165 cm³/mol. The second kappa shape index (κ2) is 10.8. The van der Waals surface area contributed by atoms with Crippen molar-refractivity contribution >= 4 is 52.0 Å². The summed E-state index contributed by atoms with van der Waals surface area (Å²) >= 11 is 1.39. The van der Waals surface area contributed by atoms with Crippen LogP contribution in [0.1, 0.15) is 71.7 Å². The highest BCUT2D eigenvalue weighted by Gasteiger charge is 2.38. The molecule has 0 N–H and O–H groups in total. The van der Waals surface area contributed by atoms with Gasteiger partial charge in [0.1, 0.15) is 11.2 Å². The highest BCUT2D eigenvalue weighted by molar-refractivity contribution is 7.98. The second-order valence-corrected chi connectivity index (χ2v) is 13.4. The summed E-state index contributed by atoms with van der Waals surface area (Å²) in [4.78, 5) is 38.5. The third kappa shape index (κ3) is 5.62. The number of anilines is 1. The maximum Gasteiger partial charge on any atom is 0.419 e. The van der Waals surface area contributed by atoms with Gasteiger partial charge in [-0.15, -0.1) is 0 Å². The van der Waals surface area contributed by atoms with Gasteiger partial charge >= 0.3 is 12.2 Å². The Morgan fingerprint density at radius 3 is 2.40 bits per heavy atom. The number of thioether (sulfide) groups is 1. The number of nitrogens with zero attached hydrogens (tertiary/aromatic N) is 6. The van der Waals surface area contributed by atoms with Crippen LogP contribution in [0.5, 0.6) is 0 Å². The van der Waals surface area contributed by atoms with Crippen LogP contribution in [0.4, 0.5) is 15.5 Å². The zero-order valence-electron chi connectivity index (χ0n) is 25.5. The maximum absolute atomic E-state index is 14.0. The van der Waals surface area contributed by atoms with E-state index in [1.807, 2.05) is 79.0 Å². The molecular formula is C31H38N6O4S. The smallest absolute Gasteiger partial charge is 0.419 e. The van der Waals surface area contributed by atoms with Crippen LogP contribution in [0.15, 0.2) is 42.2 Å². The molecule has 0 aliphatic heterocycles. The summed E-state index contributed by atoms with van der Waals surface area (Å²) in [5.74, 6) is 0.329. The number of fused-ring (bicyclic) bond motifs is 4. The normalized spacial score (nSPS) is 15.5. The summed E-state index contributed by atoms with van der Waals surface area (Å²) < 4.78 is 15.0. The van der Waals surface area contributed by atoms with Crippen molar-refractivity contribution in [1.82, 2.24) is 24.1 Å². The molecule has 1 aliphatic rings. The van der Waals surface area contributed by atoms with E-state index in [0.29, 0.717) is 36.0 Å². The Labute approximate surface area is 250 Å². The summed E-state index contributed by atoms with van der Waals surface area (Å²) in [7, 11) is 0. The topological polar surface area (TPSA) is 104 Å². The average molecular weight is 591 g/mol. The van der Waals surface area contributed by atoms with E-state index >= 15 is 0 Å². The molecule has 0 bridgehead atoms. The third-order valence-electron chi connectivity index (χ3n) is 6.96. The van der Waals surface area contributed by atoms with E-state index in [-0.39, 0.29) is 6.04 Å². The summed E-state index contributed by atoms with van der Waals surface area (Å²) in [6, 6.07) is 7.49. The van der Waals surface area contributed by atoms with Crippen molar-refractivity contribution in [2.75, 3.05) is 11.2 Å². The number of para-hydroxylation sites is 1. The van der Waals surface area contributed by atoms with Crippen LogP contribution < -0.4 is 4.90 Å². The molecule has 42 heavy (non-hydrogen) atoms. The Hall–Kier alpha value is -3.86. The summed E-state index contributed by atoms with van der Waals surface area (Å²) in [5, 5.41) is 6.03. The Balaban J connectivity index is 1.66. The lowest BCUT2D eigenvalue weighted by Crippen LogP contribution is -2.47. The number of benzene rings is 1. The van der Waals surface area contributed by atoms with E-state index in [2.05, 4.69) is 16.7 Å². The van der Waals surface area contributed by atoms with Crippen LogP contribution >= 0.6 is 11.8 Å². The highest BCUT2D eigenvalue weighted by Crippen LogP contribution is 2.36. The van der Waals surface area contributed by atoms with Crippen molar-refractivity contribution in [2.45, 2.75) is 90.1 Å². The Bertz CT molecular complexity index is 1710. The van der Waals surface area contributed by atoms with Crippen LogP contribution in [0.3, 0.4) is 0 Å². The SMILES string of the molecule is C=C(C)c1cnn2c(N(C(=O)OC(C)(C)C)[C@@H]3CCc4c(c5ccccc5n4C(=O)OC(C)(C)C)C3)nc(SC)nc12. The molecule has 4 aromatic rings. The number of allylic oxidation sites excluding steroid dienone is 1. The Morgan fingerprint density at radius 2 is 1.76 bits per heavy atom. The van der Waals surface area contributed by atoms with Crippen molar-refractivity contribution in [2.24, 2.45) is 0 Å². The van der Waals surface area contributed by atoms with Gasteiger partial charge in [-0.2, -0.15) is 14.6 Å².